The van der Waals surface area contributed by atoms with Crippen molar-refractivity contribution in [1.82, 2.24) is 0 Å². The molecule has 0 bridgehead atoms. The van der Waals surface area contributed by atoms with E-state index < -0.39 is 0 Å². The quantitative estimate of drug-likeness (QED) is 0.723. The molecule has 0 saturated carbocycles. The molecule has 0 aliphatic carbocycles. The first-order valence-corrected chi connectivity index (χ1v) is 4.56. The molecule has 4 heteroatoms. The van der Waals surface area contributed by atoms with Crippen molar-refractivity contribution >= 4 is 17.9 Å². The molecule has 76 valence electrons. The Morgan fingerprint density at radius 3 is 2.71 bits per heavy atom. The third kappa shape index (κ3) is 1.99. The smallest absolute Gasteiger partial charge is 0.173 e. The van der Waals surface area contributed by atoms with Crippen molar-refractivity contribution in [2.75, 3.05) is 13.7 Å². The highest BCUT2D eigenvalue weighted by Gasteiger charge is 2.13. The van der Waals surface area contributed by atoms with Gasteiger partial charge in [-0.1, -0.05) is 11.6 Å². The van der Waals surface area contributed by atoms with Crippen LogP contribution in [0.3, 0.4) is 0 Å². The maximum atomic E-state index is 10.8. The number of benzene rings is 1. The van der Waals surface area contributed by atoms with E-state index in [9.17, 15) is 4.79 Å². The van der Waals surface area contributed by atoms with Crippen LogP contribution in [0, 0.1) is 0 Å². The van der Waals surface area contributed by atoms with E-state index in [0.717, 1.165) is 0 Å². The molecule has 0 atom stereocenters. The predicted octanol–water partition coefficient (Wildman–Crippen LogP) is 2.56. The summed E-state index contributed by atoms with van der Waals surface area (Å²) in [6.07, 6.45) is 0.663. The van der Waals surface area contributed by atoms with E-state index in [0.29, 0.717) is 35.0 Å². The topological polar surface area (TPSA) is 35.5 Å². The Balaban J connectivity index is 3.27. The zero-order valence-corrected chi connectivity index (χ0v) is 8.80. The van der Waals surface area contributed by atoms with Crippen LogP contribution in [0.25, 0.3) is 0 Å². The van der Waals surface area contributed by atoms with Crippen molar-refractivity contribution in [2.24, 2.45) is 0 Å². The van der Waals surface area contributed by atoms with Gasteiger partial charge in [-0.3, -0.25) is 4.79 Å². The van der Waals surface area contributed by atoms with Crippen LogP contribution in [0.4, 0.5) is 0 Å². The van der Waals surface area contributed by atoms with Gasteiger partial charge in [-0.05, 0) is 19.1 Å². The zero-order valence-electron chi connectivity index (χ0n) is 8.04. The van der Waals surface area contributed by atoms with Gasteiger partial charge in [-0.2, -0.15) is 0 Å². The van der Waals surface area contributed by atoms with Crippen LogP contribution in [0.15, 0.2) is 12.1 Å². The second-order valence-electron chi connectivity index (χ2n) is 2.54. The number of halogens is 1. The minimum absolute atomic E-state index is 0.327. The molecule has 0 aliphatic heterocycles. The van der Waals surface area contributed by atoms with Gasteiger partial charge >= 0.3 is 0 Å². The van der Waals surface area contributed by atoms with Gasteiger partial charge in [0.15, 0.2) is 17.8 Å². The largest absolute Gasteiger partial charge is 0.493 e. The summed E-state index contributed by atoms with van der Waals surface area (Å²) in [5, 5.41) is 0.365. The molecular weight excluding hydrogens is 204 g/mol. The number of hydrogen-bond acceptors (Lipinski definition) is 3. The van der Waals surface area contributed by atoms with E-state index in [1.54, 1.807) is 12.1 Å². The number of methoxy groups -OCH3 is 1. The predicted molar refractivity (Wildman–Crippen MR) is 54.6 cm³/mol. The highest BCUT2D eigenvalue weighted by atomic mass is 35.5. The van der Waals surface area contributed by atoms with Crippen LogP contribution < -0.4 is 9.47 Å². The van der Waals surface area contributed by atoms with Crippen molar-refractivity contribution in [3.05, 3.63) is 22.7 Å². The Bertz CT molecular complexity index is 336. The van der Waals surface area contributed by atoms with Gasteiger partial charge in [-0.15, -0.1) is 0 Å². The third-order valence-electron chi connectivity index (χ3n) is 1.73. The molecule has 1 aromatic carbocycles. The fraction of sp³-hybridized carbons (Fsp3) is 0.300. The SMILES string of the molecule is CCOc1c(OC)ccc(Cl)c1C=O. The zero-order chi connectivity index (χ0) is 10.6. The molecule has 0 heterocycles. The summed E-state index contributed by atoms with van der Waals surface area (Å²) in [5.41, 5.74) is 0.327. The van der Waals surface area contributed by atoms with Crippen LogP contribution in [0.1, 0.15) is 17.3 Å². The van der Waals surface area contributed by atoms with E-state index in [2.05, 4.69) is 0 Å². The van der Waals surface area contributed by atoms with E-state index in [4.69, 9.17) is 21.1 Å². The second-order valence-corrected chi connectivity index (χ2v) is 2.95. The van der Waals surface area contributed by atoms with Crippen LogP contribution in [-0.4, -0.2) is 20.0 Å². The molecule has 0 N–H and O–H groups in total. The molecule has 0 spiro atoms. The summed E-state index contributed by atoms with van der Waals surface area (Å²) in [7, 11) is 1.51. The number of rotatable bonds is 4. The first-order valence-electron chi connectivity index (χ1n) is 4.19. The van der Waals surface area contributed by atoms with Gasteiger partial charge in [-0.25, -0.2) is 0 Å². The monoisotopic (exact) mass is 214 g/mol. The van der Waals surface area contributed by atoms with E-state index in [1.165, 1.54) is 7.11 Å². The Kier molecular flexibility index (Phi) is 3.77. The molecule has 3 nitrogen and oxygen atoms in total. The van der Waals surface area contributed by atoms with Crippen molar-refractivity contribution in [3.63, 3.8) is 0 Å². The fourth-order valence-corrected chi connectivity index (χ4v) is 1.31. The highest BCUT2D eigenvalue weighted by Crippen LogP contribution is 2.34. The van der Waals surface area contributed by atoms with Gasteiger partial charge in [0.05, 0.1) is 24.3 Å². The van der Waals surface area contributed by atoms with Gasteiger partial charge in [0, 0.05) is 0 Å². The van der Waals surface area contributed by atoms with Gasteiger partial charge in [0.2, 0.25) is 0 Å². The average molecular weight is 215 g/mol. The van der Waals surface area contributed by atoms with E-state index in [-0.39, 0.29) is 0 Å². The molecule has 0 radical (unpaired) electrons. The molecule has 0 aliphatic rings. The molecule has 0 amide bonds. The minimum atomic E-state index is 0.327. The first kappa shape index (κ1) is 10.9. The fourth-order valence-electron chi connectivity index (χ4n) is 1.12. The van der Waals surface area contributed by atoms with Crippen molar-refractivity contribution in [3.8, 4) is 11.5 Å². The number of hydrogen-bond donors (Lipinski definition) is 0. The van der Waals surface area contributed by atoms with Gasteiger partial charge < -0.3 is 9.47 Å². The summed E-state index contributed by atoms with van der Waals surface area (Å²) in [6, 6.07) is 3.27. The minimum Gasteiger partial charge on any atom is -0.493 e. The molecule has 14 heavy (non-hydrogen) atoms. The average Bonchev–Trinajstić information content (AvgIpc) is 2.19. The number of carbonyl (C=O) groups is 1. The van der Waals surface area contributed by atoms with Gasteiger partial charge in [0.1, 0.15) is 0 Å². The maximum Gasteiger partial charge on any atom is 0.173 e. The second kappa shape index (κ2) is 4.86. The van der Waals surface area contributed by atoms with E-state index in [1.807, 2.05) is 6.92 Å². The Morgan fingerprint density at radius 2 is 2.21 bits per heavy atom. The van der Waals surface area contributed by atoms with Gasteiger partial charge in [0.25, 0.3) is 0 Å². The highest BCUT2D eigenvalue weighted by molar-refractivity contribution is 6.33. The summed E-state index contributed by atoms with van der Waals surface area (Å²) in [4.78, 5) is 10.8. The Labute approximate surface area is 87.6 Å². The lowest BCUT2D eigenvalue weighted by molar-refractivity contribution is 0.111. The summed E-state index contributed by atoms with van der Waals surface area (Å²) in [5.74, 6) is 0.913. The van der Waals surface area contributed by atoms with Crippen LogP contribution >= 0.6 is 11.6 Å². The van der Waals surface area contributed by atoms with Crippen LogP contribution in [0.5, 0.6) is 11.5 Å². The molecule has 1 rings (SSSR count). The standard InChI is InChI=1S/C10H11ClO3/c1-3-14-10-7(6-12)8(11)4-5-9(10)13-2/h4-6H,3H2,1-2H3. The number of ether oxygens (including phenoxy) is 2. The molecule has 0 unspecified atom stereocenters. The maximum absolute atomic E-state index is 10.8. The summed E-state index contributed by atoms with van der Waals surface area (Å²) < 4.78 is 10.3. The van der Waals surface area contributed by atoms with Crippen molar-refractivity contribution in [1.29, 1.82) is 0 Å². The van der Waals surface area contributed by atoms with Crippen molar-refractivity contribution in [2.45, 2.75) is 6.92 Å². The van der Waals surface area contributed by atoms with E-state index >= 15 is 0 Å². The molecular formula is C10H11ClO3. The molecule has 1 aromatic rings. The third-order valence-corrected chi connectivity index (χ3v) is 2.06. The molecule has 0 fully saturated rings. The molecule has 0 saturated heterocycles. The normalized spacial score (nSPS) is 9.64. The lowest BCUT2D eigenvalue weighted by Crippen LogP contribution is -1.99. The van der Waals surface area contributed by atoms with Crippen LogP contribution in [-0.2, 0) is 0 Å². The Morgan fingerprint density at radius 1 is 1.50 bits per heavy atom. The molecule has 0 aromatic heterocycles. The lowest BCUT2D eigenvalue weighted by Gasteiger charge is -2.11. The summed E-state index contributed by atoms with van der Waals surface area (Å²) in [6.45, 7) is 2.28. The Hall–Kier alpha value is -1.22. The first-order chi connectivity index (χ1) is 6.74. The van der Waals surface area contributed by atoms with Crippen molar-refractivity contribution < 1.29 is 14.3 Å². The lowest BCUT2D eigenvalue weighted by atomic mass is 10.2. The van der Waals surface area contributed by atoms with Crippen LogP contribution in [0.2, 0.25) is 5.02 Å². The summed E-state index contributed by atoms with van der Waals surface area (Å²) >= 11 is 5.83. The number of carbonyl (C=O) groups excluding carboxylic acids is 1. The number of aldehydes is 1.